The van der Waals surface area contributed by atoms with E-state index in [4.69, 9.17) is 9.26 Å². The Morgan fingerprint density at radius 3 is 2.32 bits per heavy atom. The van der Waals surface area contributed by atoms with Gasteiger partial charge in [-0.05, 0) is 82.1 Å². The first-order valence-corrected chi connectivity index (χ1v) is 22.8. The normalized spacial score (nSPS) is 27.8. The van der Waals surface area contributed by atoms with E-state index in [1.807, 2.05) is 19.9 Å². The molecule has 5 N–H and O–H groups in total. The lowest BCUT2D eigenvalue weighted by molar-refractivity contribution is -0.163. The lowest BCUT2D eigenvalue weighted by Gasteiger charge is -2.39. The Morgan fingerprint density at radius 1 is 0.905 bits per heavy atom. The molecule has 2 aromatic carbocycles. The van der Waals surface area contributed by atoms with Crippen LogP contribution < -0.4 is 16.0 Å². The van der Waals surface area contributed by atoms with E-state index in [1.54, 1.807) is 31.2 Å². The maximum absolute atomic E-state index is 15.0. The fourth-order valence-corrected chi connectivity index (χ4v) is 9.52. The number of amides is 6. The molecule has 4 aliphatic heterocycles. The molecular weight excluding hydrogens is 842 g/mol. The summed E-state index contributed by atoms with van der Waals surface area (Å²) in [5.74, 6) is -6.24. The van der Waals surface area contributed by atoms with Gasteiger partial charge >= 0.3 is 13.8 Å². The number of aryl methyl sites for hydroxylation is 2. The van der Waals surface area contributed by atoms with E-state index in [1.165, 1.54) is 35.8 Å². The third kappa shape index (κ3) is 11.5. The van der Waals surface area contributed by atoms with Gasteiger partial charge in [0.15, 0.2) is 0 Å². The lowest BCUT2D eigenvalue weighted by Crippen LogP contribution is -2.63. The largest absolute Gasteiger partial charge is 0.469 e. The number of ether oxygens (including phenoxy) is 1. The molecule has 9 atom stereocenters. The summed E-state index contributed by atoms with van der Waals surface area (Å²) in [6, 6.07) is 3.55. The zero-order valence-electron chi connectivity index (χ0n) is 36.0. The summed E-state index contributed by atoms with van der Waals surface area (Å²) in [6.45, 7) is 7.88. The number of nitrogens with zero attached hydrogens (tertiary/aromatic N) is 3. The summed E-state index contributed by atoms with van der Waals surface area (Å²) in [4.78, 5) is 123. The minimum absolute atomic E-state index is 0.0782. The van der Waals surface area contributed by atoms with Crippen LogP contribution in [0.3, 0.4) is 0 Å². The van der Waals surface area contributed by atoms with Gasteiger partial charge < -0.3 is 45.2 Å². The topological polar surface area (TPSA) is 241 Å². The molecule has 20 heteroatoms. The van der Waals surface area contributed by atoms with Crippen LogP contribution in [0.25, 0.3) is 0 Å². The molecule has 0 aromatic heterocycles. The van der Waals surface area contributed by atoms with E-state index in [0.29, 0.717) is 24.0 Å². The fourth-order valence-electron chi connectivity index (χ4n) is 8.98. The van der Waals surface area contributed by atoms with E-state index in [9.17, 15) is 47.5 Å². The lowest BCUT2D eigenvalue weighted by atomic mass is 9.98. The molecule has 0 aliphatic carbocycles. The van der Waals surface area contributed by atoms with Crippen LogP contribution in [-0.4, -0.2) is 134 Å². The van der Waals surface area contributed by atoms with Crippen molar-refractivity contribution in [3.8, 4) is 0 Å². The smallest absolute Gasteiger partial charge is 0.458 e. The van der Waals surface area contributed by atoms with Crippen molar-refractivity contribution in [1.82, 2.24) is 30.7 Å². The third-order valence-corrected chi connectivity index (χ3v) is 12.6. The van der Waals surface area contributed by atoms with Crippen LogP contribution in [0.15, 0.2) is 42.5 Å². The Kier molecular flexibility index (Phi) is 14.7. The maximum atomic E-state index is 15.0. The minimum atomic E-state index is -5.17. The number of carbonyl (C=O) groups excluding carboxylic acids is 7. The summed E-state index contributed by atoms with van der Waals surface area (Å²) in [5.41, 5.74) is 2.19. The van der Waals surface area contributed by atoms with Gasteiger partial charge in [0.1, 0.15) is 48.2 Å². The van der Waals surface area contributed by atoms with Gasteiger partial charge in [-0.2, -0.15) is 0 Å². The quantitative estimate of drug-likeness (QED) is 0.177. The SMILES string of the molecule is Cc1cccc(C[C@H](NC(=O)Cc2ccc(C)cc2F)C(=O)N[C@@H]2C(=O)N3C[C@H](OP(=O)(O)O)C[C@H]3C(=O)N3CCCC[C@H]3C(=O)N[C@@H](C)C(=O)N3C[C@H](C)C[C@H]3C(=O)O[C@H]2C)c1. The van der Waals surface area contributed by atoms with Crippen molar-refractivity contribution in [3.63, 3.8) is 0 Å². The van der Waals surface area contributed by atoms with Crippen LogP contribution in [0.4, 0.5) is 4.39 Å². The van der Waals surface area contributed by atoms with E-state index >= 15 is 4.79 Å². The highest BCUT2D eigenvalue weighted by atomic mass is 31.2. The number of fused-ring (bicyclic) bond motifs is 3. The third-order valence-electron chi connectivity index (χ3n) is 12.1. The molecule has 4 aliphatic rings. The zero-order valence-corrected chi connectivity index (χ0v) is 36.8. The molecule has 0 saturated carbocycles. The molecule has 4 saturated heterocycles. The number of cyclic esters (lactones) is 1. The number of phosphoric acid groups is 1. The summed E-state index contributed by atoms with van der Waals surface area (Å²) in [7, 11) is -5.17. The van der Waals surface area contributed by atoms with Crippen molar-refractivity contribution < 1.29 is 61.6 Å². The van der Waals surface area contributed by atoms with Crippen molar-refractivity contribution in [3.05, 3.63) is 70.5 Å². The molecule has 342 valence electrons. The van der Waals surface area contributed by atoms with E-state index < -0.39 is 123 Å². The van der Waals surface area contributed by atoms with Crippen LogP contribution in [0.5, 0.6) is 0 Å². The first-order valence-electron chi connectivity index (χ1n) is 21.3. The van der Waals surface area contributed by atoms with Crippen LogP contribution in [0.1, 0.15) is 75.1 Å². The van der Waals surface area contributed by atoms with E-state index in [-0.39, 0.29) is 43.8 Å². The number of benzene rings is 2. The van der Waals surface area contributed by atoms with E-state index in [2.05, 4.69) is 16.0 Å². The van der Waals surface area contributed by atoms with Gasteiger partial charge in [0.25, 0.3) is 0 Å². The predicted molar refractivity (Wildman–Crippen MR) is 222 cm³/mol. The first-order chi connectivity index (χ1) is 29.7. The highest BCUT2D eigenvalue weighted by Gasteiger charge is 2.50. The van der Waals surface area contributed by atoms with Crippen molar-refractivity contribution >= 4 is 49.2 Å². The highest BCUT2D eigenvalue weighted by Crippen LogP contribution is 2.41. The van der Waals surface area contributed by atoms with Crippen molar-refractivity contribution in [1.29, 1.82) is 0 Å². The zero-order chi connectivity index (χ0) is 45.9. The second-order valence-corrected chi connectivity index (χ2v) is 18.5. The van der Waals surface area contributed by atoms with Gasteiger partial charge in [-0.1, -0.05) is 48.9 Å². The number of hydrogen-bond donors (Lipinski definition) is 5. The summed E-state index contributed by atoms with van der Waals surface area (Å²) >= 11 is 0. The van der Waals surface area contributed by atoms with Gasteiger partial charge in [0.05, 0.1) is 12.5 Å². The Balaban J connectivity index is 1.39. The number of carbonyl (C=O) groups is 7. The number of phosphoric ester groups is 1. The molecule has 6 rings (SSSR count). The Labute approximate surface area is 364 Å². The number of hydrogen-bond acceptors (Lipinski definition) is 10. The second kappa shape index (κ2) is 19.7. The molecule has 18 nitrogen and oxygen atoms in total. The number of esters is 1. The van der Waals surface area contributed by atoms with Crippen molar-refractivity contribution in [2.45, 2.75) is 128 Å². The Hall–Kier alpha value is -5.23. The number of piperidine rings is 1. The first kappa shape index (κ1) is 47.3. The predicted octanol–water partition coefficient (Wildman–Crippen LogP) is 1.34. The number of halogens is 1. The molecule has 0 spiro atoms. The van der Waals surface area contributed by atoms with Crippen LogP contribution in [0, 0.1) is 25.6 Å². The van der Waals surface area contributed by atoms with Gasteiger partial charge in [-0.3, -0.25) is 33.3 Å². The molecule has 6 amide bonds. The van der Waals surface area contributed by atoms with Gasteiger partial charge in [-0.25, -0.2) is 13.8 Å². The molecule has 4 heterocycles. The summed E-state index contributed by atoms with van der Waals surface area (Å²) in [5, 5.41) is 8.01. The average Bonchev–Trinajstić information content (AvgIpc) is 3.82. The molecule has 63 heavy (non-hydrogen) atoms. The monoisotopic (exact) mass is 898 g/mol. The average molecular weight is 899 g/mol. The maximum Gasteiger partial charge on any atom is 0.469 e. The minimum Gasteiger partial charge on any atom is -0.458 e. The second-order valence-electron chi connectivity index (χ2n) is 17.3. The van der Waals surface area contributed by atoms with Crippen LogP contribution in [0.2, 0.25) is 0 Å². The Bertz CT molecular complexity index is 2170. The van der Waals surface area contributed by atoms with Crippen LogP contribution >= 0.6 is 7.82 Å². The molecule has 2 aromatic rings. The molecule has 4 fully saturated rings. The molecule has 0 bridgehead atoms. The standard InChI is InChI=1S/C43H56FN6O12P/c1-23-9-8-10-28(15-23)18-32(46-36(51)19-29-13-12-24(2)16-31(29)44)38(52)47-37-27(5)61-43(57)35-17-25(3)21-49(35)40(54)26(4)45-39(53)33-11-6-7-14-48(33)41(55)34-20-30(62-63(58,59)60)22-50(34)42(37)56/h8-10,12-13,15-16,25-27,30,32-35,37H,6-7,11,14,17-22H2,1-5H3,(H,45,53)(H,46,51)(H,47,52)(H2,58,59,60)/t25-,26+,27+,30-,32+,33+,34+,35+,37+/m1/s1. The highest BCUT2D eigenvalue weighted by molar-refractivity contribution is 7.46. The van der Waals surface area contributed by atoms with Crippen molar-refractivity contribution in [2.75, 3.05) is 19.6 Å². The fraction of sp³-hybridized carbons (Fsp3) is 0.558. The van der Waals surface area contributed by atoms with Gasteiger partial charge in [0, 0.05) is 32.5 Å². The number of nitrogens with one attached hydrogen (secondary N) is 3. The van der Waals surface area contributed by atoms with Gasteiger partial charge in [0.2, 0.25) is 35.4 Å². The van der Waals surface area contributed by atoms with Crippen LogP contribution in [-0.2, 0) is 60.2 Å². The summed E-state index contributed by atoms with van der Waals surface area (Å²) < 4.78 is 37.8. The summed E-state index contributed by atoms with van der Waals surface area (Å²) in [6.07, 6.45) is -2.33. The Morgan fingerprint density at radius 2 is 1.62 bits per heavy atom. The van der Waals surface area contributed by atoms with Gasteiger partial charge in [-0.15, -0.1) is 0 Å². The van der Waals surface area contributed by atoms with Crippen molar-refractivity contribution in [2.24, 2.45) is 5.92 Å². The van der Waals surface area contributed by atoms with E-state index in [0.717, 1.165) is 10.5 Å². The molecule has 0 unspecified atom stereocenters. The molecular formula is C43H56FN6O12P. The molecule has 0 radical (unpaired) electrons. The number of rotatable bonds is 9.